The van der Waals surface area contributed by atoms with Crippen LogP contribution in [0.5, 0.6) is 11.5 Å². The highest BCUT2D eigenvalue weighted by Crippen LogP contribution is 2.34. The van der Waals surface area contributed by atoms with Crippen LogP contribution >= 0.6 is 0 Å². The van der Waals surface area contributed by atoms with E-state index < -0.39 is 16.1 Å². The lowest BCUT2D eigenvalue weighted by atomic mass is 10.0. The molecule has 10 heteroatoms. The number of aryl methyl sites for hydroxylation is 1. The Morgan fingerprint density at radius 1 is 0.864 bits per heavy atom. The molecule has 1 atom stereocenters. The summed E-state index contributed by atoms with van der Waals surface area (Å²) in [7, 11) is -3.76. The minimum atomic E-state index is -3.76. The number of para-hydroxylation sites is 3. The molecule has 2 aliphatic heterocycles. The summed E-state index contributed by atoms with van der Waals surface area (Å²) in [4.78, 5) is 28.0. The molecular formula is C34H33N3O6S. The first-order valence-electron chi connectivity index (χ1n) is 14.6. The highest BCUT2D eigenvalue weighted by Gasteiger charge is 2.34. The van der Waals surface area contributed by atoms with Gasteiger partial charge in [0.15, 0.2) is 12.7 Å². The van der Waals surface area contributed by atoms with E-state index in [4.69, 9.17) is 9.47 Å². The average Bonchev–Trinajstić information content (AvgIpc) is 3.07. The minimum absolute atomic E-state index is 0.0326. The van der Waals surface area contributed by atoms with Crippen molar-refractivity contribution < 1.29 is 27.5 Å². The van der Waals surface area contributed by atoms with Crippen LogP contribution in [0.15, 0.2) is 108 Å². The molecule has 4 aromatic carbocycles. The average molecular weight is 612 g/mol. The van der Waals surface area contributed by atoms with Crippen molar-refractivity contribution in [3.8, 4) is 11.5 Å². The number of carbonyl (C=O) groups excluding carboxylic acids is 2. The Morgan fingerprint density at radius 2 is 1.57 bits per heavy atom. The highest BCUT2D eigenvalue weighted by molar-refractivity contribution is 7.92. The maximum Gasteiger partial charge on any atom is 0.265 e. The number of sulfonamides is 1. The molecule has 0 saturated heterocycles. The molecule has 44 heavy (non-hydrogen) atoms. The fraction of sp³-hybridized carbons (Fsp3) is 0.235. The van der Waals surface area contributed by atoms with Crippen LogP contribution in [-0.4, -0.2) is 52.6 Å². The molecule has 0 spiro atoms. The van der Waals surface area contributed by atoms with Crippen LogP contribution in [0.1, 0.15) is 17.5 Å². The number of hydrogen-bond acceptors (Lipinski definition) is 6. The van der Waals surface area contributed by atoms with Crippen molar-refractivity contribution in [2.45, 2.75) is 30.3 Å². The Bertz CT molecular complexity index is 1740. The minimum Gasteiger partial charge on any atom is -0.484 e. The van der Waals surface area contributed by atoms with Crippen LogP contribution in [-0.2, 0) is 32.5 Å². The van der Waals surface area contributed by atoms with Gasteiger partial charge in [-0.1, -0.05) is 60.7 Å². The molecule has 0 unspecified atom stereocenters. The molecule has 0 aliphatic carbocycles. The van der Waals surface area contributed by atoms with Gasteiger partial charge in [0.05, 0.1) is 22.8 Å². The first-order chi connectivity index (χ1) is 21.4. The number of anilines is 2. The van der Waals surface area contributed by atoms with Gasteiger partial charge in [-0.05, 0) is 72.9 Å². The molecular weight excluding hydrogens is 578 g/mol. The summed E-state index contributed by atoms with van der Waals surface area (Å²) in [6.45, 7) is 0.587. The molecule has 4 aromatic rings. The Kier molecular flexibility index (Phi) is 8.51. The zero-order valence-electron chi connectivity index (χ0n) is 24.1. The van der Waals surface area contributed by atoms with Gasteiger partial charge in [0.2, 0.25) is 0 Å². The maximum absolute atomic E-state index is 13.5. The monoisotopic (exact) mass is 611 g/mol. The van der Waals surface area contributed by atoms with Gasteiger partial charge < -0.3 is 19.7 Å². The number of benzene rings is 4. The second kappa shape index (κ2) is 12.8. The van der Waals surface area contributed by atoms with Crippen molar-refractivity contribution in [2.75, 3.05) is 35.4 Å². The predicted molar refractivity (Wildman–Crippen MR) is 168 cm³/mol. The van der Waals surface area contributed by atoms with Crippen molar-refractivity contribution >= 4 is 33.2 Å². The second-order valence-electron chi connectivity index (χ2n) is 10.7. The molecule has 0 fully saturated rings. The van der Waals surface area contributed by atoms with Crippen molar-refractivity contribution in [3.63, 3.8) is 0 Å². The molecule has 1 N–H and O–H groups in total. The van der Waals surface area contributed by atoms with Crippen molar-refractivity contribution in [1.82, 2.24) is 5.32 Å². The van der Waals surface area contributed by atoms with Gasteiger partial charge in [0, 0.05) is 13.1 Å². The van der Waals surface area contributed by atoms with E-state index in [0.717, 1.165) is 24.0 Å². The maximum atomic E-state index is 13.5. The third kappa shape index (κ3) is 6.26. The molecule has 0 saturated carbocycles. The Morgan fingerprint density at radius 3 is 2.36 bits per heavy atom. The van der Waals surface area contributed by atoms with Crippen molar-refractivity contribution in [1.29, 1.82) is 0 Å². The smallest absolute Gasteiger partial charge is 0.265 e. The highest BCUT2D eigenvalue weighted by atomic mass is 32.2. The molecule has 2 amide bonds. The number of hydrogen-bond donors (Lipinski definition) is 1. The summed E-state index contributed by atoms with van der Waals surface area (Å²) in [5.74, 6) is 0.129. The Hall–Kier alpha value is -4.83. The number of nitrogens with zero attached hydrogens (tertiary/aromatic N) is 2. The third-order valence-corrected chi connectivity index (χ3v) is 9.59. The van der Waals surface area contributed by atoms with E-state index in [2.05, 4.69) is 5.32 Å². The van der Waals surface area contributed by atoms with Gasteiger partial charge in [-0.3, -0.25) is 13.9 Å². The lowest BCUT2D eigenvalue weighted by molar-refractivity contribution is -0.128. The summed E-state index contributed by atoms with van der Waals surface area (Å²) in [5, 5.41) is 2.91. The van der Waals surface area contributed by atoms with Crippen molar-refractivity contribution in [3.05, 3.63) is 114 Å². The zero-order valence-corrected chi connectivity index (χ0v) is 24.9. The molecule has 2 heterocycles. The molecule has 9 nitrogen and oxygen atoms in total. The van der Waals surface area contributed by atoms with Crippen LogP contribution in [0.2, 0.25) is 0 Å². The van der Waals surface area contributed by atoms with Gasteiger partial charge >= 0.3 is 0 Å². The quantitative estimate of drug-likeness (QED) is 0.302. The number of fused-ring (bicyclic) bond motifs is 2. The van der Waals surface area contributed by atoms with Crippen molar-refractivity contribution in [2.24, 2.45) is 0 Å². The van der Waals surface area contributed by atoms with Crippen LogP contribution in [0.3, 0.4) is 0 Å². The molecule has 0 radical (unpaired) electrons. The molecule has 226 valence electrons. The van der Waals surface area contributed by atoms with E-state index in [1.807, 2.05) is 54.6 Å². The topological polar surface area (TPSA) is 105 Å². The lowest BCUT2D eigenvalue weighted by Crippen LogP contribution is -2.52. The number of amides is 2. The van der Waals surface area contributed by atoms with Crippen LogP contribution < -0.4 is 24.0 Å². The Balaban J connectivity index is 1.09. The predicted octanol–water partition coefficient (Wildman–Crippen LogP) is 4.36. The Labute approximate surface area is 257 Å². The molecule has 6 rings (SSSR count). The summed E-state index contributed by atoms with van der Waals surface area (Å²) < 4.78 is 40.1. The number of ether oxygens (including phenoxy) is 2. The summed E-state index contributed by atoms with van der Waals surface area (Å²) >= 11 is 0. The molecule has 0 aromatic heterocycles. The zero-order chi connectivity index (χ0) is 30.5. The van der Waals surface area contributed by atoms with E-state index in [1.165, 1.54) is 21.3 Å². The SMILES string of the molecule is O=C(NCCc1ccccc1)[C@@H]1CN(C(=O)COc2ccc(S(=O)(=O)N3CCCc4ccccc43)cc2)c2ccccc2O1. The summed E-state index contributed by atoms with van der Waals surface area (Å²) in [5.41, 5.74) is 3.38. The van der Waals surface area contributed by atoms with Crippen LogP contribution in [0.25, 0.3) is 0 Å². The number of nitrogens with one attached hydrogen (secondary N) is 1. The van der Waals surface area contributed by atoms with Crippen LogP contribution in [0, 0.1) is 0 Å². The van der Waals surface area contributed by atoms with Gasteiger partial charge in [-0.2, -0.15) is 0 Å². The third-order valence-electron chi connectivity index (χ3n) is 7.76. The van der Waals surface area contributed by atoms with Gasteiger partial charge in [-0.15, -0.1) is 0 Å². The fourth-order valence-corrected chi connectivity index (χ4v) is 7.04. The standard InChI is InChI=1S/C34H33N3O6S/c38-33(24-42-27-16-18-28(19-17-27)44(40,41)37-22-8-12-26-11-4-5-13-29(26)37)36-23-32(43-31-15-7-6-14-30(31)36)34(39)35-21-20-25-9-2-1-3-10-25/h1-7,9-11,13-19,32H,8,12,20-24H2,(H,35,39)/t32-/m0/s1. The van der Waals surface area contributed by atoms with E-state index in [1.54, 1.807) is 36.4 Å². The van der Waals surface area contributed by atoms with Gasteiger partial charge in [-0.25, -0.2) is 8.42 Å². The first-order valence-corrected chi connectivity index (χ1v) is 16.1. The largest absolute Gasteiger partial charge is 0.484 e. The normalized spacial score (nSPS) is 15.9. The summed E-state index contributed by atoms with van der Waals surface area (Å²) in [6, 6.07) is 30.5. The van der Waals surface area contributed by atoms with E-state index in [9.17, 15) is 18.0 Å². The van der Waals surface area contributed by atoms with E-state index in [-0.39, 0.29) is 29.9 Å². The van der Waals surface area contributed by atoms with Gasteiger partial charge in [0.1, 0.15) is 11.5 Å². The number of carbonyl (C=O) groups is 2. The molecule has 2 aliphatic rings. The molecule has 0 bridgehead atoms. The first kappa shape index (κ1) is 29.3. The van der Waals surface area contributed by atoms with E-state index >= 15 is 0 Å². The van der Waals surface area contributed by atoms with Crippen LogP contribution in [0.4, 0.5) is 11.4 Å². The number of rotatable bonds is 9. The lowest BCUT2D eigenvalue weighted by Gasteiger charge is -2.34. The van der Waals surface area contributed by atoms with Gasteiger partial charge in [0.25, 0.3) is 21.8 Å². The summed E-state index contributed by atoms with van der Waals surface area (Å²) in [6.07, 6.45) is 1.39. The van der Waals surface area contributed by atoms with E-state index in [0.29, 0.717) is 42.4 Å². The fourth-order valence-electron chi connectivity index (χ4n) is 5.50. The second-order valence-corrected chi connectivity index (χ2v) is 12.5.